The molecule has 1 N–H and O–H groups in total. The van der Waals surface area contributed by atoms with Gasteiger partial charge in [0, 0.05) is 6.20 Å². The van der Waals surface area contributed by atoms with Crippen LogP contribution in [0.5, 0.6) is 0 Å². The number of hydrogen-bond donors (Lipinski definition) is 1. The minimum atomic E-state index is -3.36. The Morgan fingerprint density at radius 2 is 2.06 bits per heavy atom. The van der Waals surface area contributed by atoms with Crippen molar-refractivity contribution in [3.8, 4) is 0 Å². The number of hydrogen-bond acceptors (Lipinski definition) is 3. The Morgan fingerprint density at radius 3 is 2.59 bits per heavy atom. The smallest absolute Gasteiger partial charge is 0.232 e. The molecule has 0 amide bonds. The van der Waals surface area contributed by atoms with E-state index in [-0.39, 0.29) is 16.3 Å². The van der Waals surface area contributed by atoms with Gasteiger partial charge in [0.25, 0.3) is 0 Å². The summed E-state index contributed by atoms with van der Waals surface area (Å²) in [5, 5.41) is 0.159. The summed E-state index contributed by atoms with van der Waals surface area (Å²) in [5.41, 5.74) is 0.302. The van der Waals surface area contributed by atoms with Crippen molar-refractivity contribution in [3.63, 3.8) is 0 Å². The van der Waals surface area contributed by atoms with Crippen molar-refractivity contribution in [1.29, 1.82) is 0 Å². The number of pyridine rings is 1. The van der Waals surface area contributed by atoms with E-state index in [1.54, 1.807) is 12.1 Å². The van der Waals surface area contributed by atoms with Gasteiger partial charge < -0.3 is 0 Å². The first-order valence-electron chi connectivity index (χ1n) is 5.31. The molecule has 0 aliphatic heterocycles. The van der Waals surface area contributed by atoms with E-state index < -0.39 is 10.0 Å². The Morgan fingerprint density at radius 1 is 1.41 bits per heavy atom. The molecule has 1 rings (SSSR count). The molecule has 17 heavy (non-hydrogen) atoms. The zero-order valence-electron chi connectivity index (χ0n) is 10.2. The molecule has 6 heteroatoms. The monoisotopic (exact) mass is 276 g/mol. The normalized spacial score (nSPS) is 12.5. The third-order valence-corrected chi connectivity index (χ3v) is 3.72. The van der Waals surface area contributed by atoms with Gasteiger partial charge in [0.2, 0.25) is 10.0 Å². The first-order valence-corrected chi connectivity index (χ1v) is 7.34. The second-order valence-corrected chi connectivity index (χ2v) is 7.27. The summed E-state index contributed by atoms with van der Waals surface area (Å²) in [5.74, 6) is 0.0712. The van der Waals surface area contributed by atoms with Crippen molar-refractivity contribution in [2.24, 2.45) is 5.41 Å². The highest BCUT2D eigenvalue weighted by Gasteiger charge is 2.18. The number of anilines is 1. The van der Waals surface area contributed by atoms with Gasteiger partial charge in [0.1, 0.15) is 0 Å². The van der Waals surface area contributed by atoms with Crippen molar-refractivity contribution in [2.45, 2.75) is 27.2 Å². The molecule has 1 aromatic rings. The Bertz CT molecular complexity index is 480. The molecule has 96 valence electrons. The van der Waals surface area contributed by atoms with E-state index in [9.17, 15) is 8.42 Å². The Balaban J connectivity index is 2.71. The van der Waals surface area contributed by atoms with E-state index in [4.69, 9.17) is 11.6 Å². The van der Waals surface area contributed by atoms with E-state index >= 15 is 0 Å². The largest absolute Gasteiger partial charge is 0.280 e. The number of aromatic nitrogens is 1. The summed E-state index contributed by atoms with van der Waals surface area (Å²) in [7, 11) is -3.36. The first kappa shape index (κ1) is 14.3. The van der Waals surface area contributed by atoms with E-state index in [1.807, 2.05) is 20.8 Å². The molecule has 0 saturated carbocycles. The highest BCUT2D eigenvalue weighted by atomic mass is 35.5. The average Bonchev–Trinajstić information content (AvgIpc) is 2.18. The molecule has 0 bridgehead atoms. The maximum Gasteiger partial charge on any atom is 0.232 e. The molecule has 0 fully saturated rings. The summed E-state index contributed by atoms with van der Waals surface area (Å²) in [4.78, 5) is 3.81. The SMILES string of the molecule is CC(C)(C)CCS(=O)(=O)Nc1cccnc1Cl. The molecule has 0 aromatic carbocycles. The first-order chi connectivity index (χ1) is 7.70. The maximum atomic E-state index is 11.8. The summed E-state index contributed by atoms with van der Waals surface area (Å²) in [6.07, 6.45) is 2.09. The molecule has 0 atom stereocenters. The van der Waals surface area contributed by atoms with Gasteiger partial charge in [-0.3, -0.25) is 4.72 Å². The van der Waals surface area contributed by atoms with Gasteiger partial charge in [-0.25, -0.2) is 13.4 Å². The predicted molar refractivity (Wildman–Crippen MR) is 70.7 cm³/mol. The molecule has 4 nitrogen and oxygen atoms in total. The molecule has 0 unspecified atom stereocenters. The Hall–Kier alpha value is -0.810. The van der Waals surface area contributed by atoms with Crippen molar-refractivity contribution in [2.75, 3.05) is 10.5 Å². The molecule has 0 spiro atoms. The molecule has 0 saturated heterocycles. The van der Waals surface area contributed by atoms with Crippen LogP contribution in [0.1, 0.15) is 27.2 Å². The number of nitrogens with one attached hydrogen (secondary N) is 1. The molecular weight excluding hydrogens is 260 g/mol. The van der Waals surface area contributed by atoms with Crippen LogP contribution in [0.15, 0.2) is 18.3 Å². The molecule has 0 aliphatic carbocycles. The Labute approximate surface area is 107 Å². The lowest BCUT2D eigenvalue weighted by Crippen LogP contribution is -2.21. The molecule has 1 heterocycles. The van der Waals surface area contributed by atoms with Crippen molar-refractivity contribution in [1.82, 2.24) is 4.98 Å². The fourth-order valence-corrected chi connectivity index (χ4v) is 2.83. The maximum absolute atomic E-state index is 11.8. The average molecular weight is 277 g/mol. The van der Waals surface area contributed by atoms with E-state index in [0.717, 1.165) is 0 Å². The van der Waals surface area contributed by atoms with Gasteiger partial charge in [-0.05, 0) is 24.0 Å². The van der Waals surface area contributed by atoms with Gasteiger partial charge in [0.15, 0.2) is 5.15 Å². The van der Waals surface area contributed by atoms with Crippen molar-refractivity contribution < 1.29 is 8.42 Å². The Kier molecular flexibility index (Phi) is 4.38. The van der Waals surface area contributed by atoms with Crippen LogP contribution in [0.25, 0.3) is 0 Å². The number of sulfonamides is 1. The molecular formula is C11H17ClN2O2S. The van der Waals surface area contributed by atoms with Crippen LogP contribution >= 0.6 is 11.6 Å². The quantitative estimate of drug-likeness (QED) is 0.860. The second kappa shape index (κ2) is 5.23. The van der Waals surface area contributed by atoms with Gasteiger partial charge in [0.05, 0.1) is 11.4 Å². The zero-order chi connectivity index (χ0) is 13.1. The van der Waals surface area contributed by atoms with E-state index in [0.29, 0.717) is 12.1 Å². The topological polar surface area (TPSA) is 59.1 Å². The highest BCUT2D eigenvalue weighted by molar-refractivity contribution is 7.92. The lowest BCUT2D eigenvalue weighted by Gasteiger charge is -2.18. The highest BCUT2D eigenvalue weighted by Crippen LogP contribution is 2.22. The number of halogens is 1. The summed E-state index contributed by atoms with van der Waals surface area (Å²) in [6, 6.07) is 3.22. The van der Waals surface area contributed by atoms with E-state index in [2.05, 4.69) is 9.71 Å². The van der Waals surface area contributed by atoms with Crippen molar-refractivity contribution in [3.05, 3.63) is 23.5 Å². The summed E-state index contributed by atoms with van der Waals surface area (Å²) >= 11 is 5.78. The lowest BCUT2D eigenvalue weighted by atomic mass is 9.94. The van der Waals surface area contributed by atoms with Crippen LogP contribution in [0.3, 0.4) is 0 Å². The van der Waals surface area contributed by atoms with Gasteiger partial charge in [-0.2, -0.15) is 0 Å². The van der Waals surface area contributed by atoms with E-state index in [1.165, 1.54) is 6.20 Å². The lowest BCUT2D eigenvalue weighted by molar-refractivity contribution is 0.397. The standard InChI is InChI=1S/C11H17ClN2O2S/c1-11(2,3)6-8-17(15,16)14-9-5-4-7-13-10(9)12/h4-5,7,14H,6,8H2,1-3H3. The molecule has 1 aromatic heterocycles. The fraction of sp³-hybridized carbons (Fsp3) is 0.545. The van der Waals surface area contributed by atoms with Crippen LogP contribution in [0, 0.1) is 5.41 Å². The van der Waals surface area contributed by atoms with Crippen molar-refractivity contribution >= 4 is 27.3 Å². The van der Waals surface area contributed by atoms with Gasteiger partial charge >= 0.3 is 0 Å². The van der Waals surface area contributed by atoms with Gasteiger partial charge in [-0.1, -0.05) is 32.4 Å². The number of nitrogens with zero attached hydrogens (tertiary/aromatic N) is 1. The van der Waals surface area contributed by atoms with Crippen LogP contribution in [0.2, 0.25) is 5.15 Å². The fourth-order valence-electron chi connectivity index (χ4n) is 1.12. The molecule has 0 radical (unpaired) electrons. The summed E-state index contributed by atoms with van der Waals surface area (Å²) in [6.45, 7) is 6.00. The predicted octanol–water partition coefficient (Wildman–Crippen LogP) is 2.91. The second-order valence-electron chi connectivity index (χ2n) is 5.07. The minimum Gasteiger partial charge on any atom is -0.280 e. The molecule has 0 aliphatic rings. The van der Waals surface area contributed by atoms with Crippen LogP contribution < -0.4 is 4.72 Å². The van der Waals surface area contributed by atoms with Crippen LogP contribution in [-0.2, 0) is 10.0 Å². The van der Waals surface area contributed by atoms with Gasteiger partial charge in [-0.15, -0.1) is 0 Å². The van der Waals surface area contributed by atoms with Crippen LogP contribution in [0.4, 0.5) is 5.69 Å². The third kappa shape index (κ3) is 5.37. The number of rotatable bonds is 4. The summed E-state index contributed by atoms with van der Waals surface area (Å²) < 4.78 is 26.0. The van der Waals surface area contributed by atoms with Crippen LogP contribution in [-0.4, -0.2) is 19.2 Å². The minimum absolute atomic E-state index is 0.0204. The third-order valence-electron chi connectivity index (χ3n) is 2.15. The zero-order valence-corrected chi connectivity index (χ0v) is 11.8.